The van der Waals surface area contributed by atoms with Crippen LogP contribution in [0.2, 0.25) is 0 Å². The summed E-state index contributed by atoms with van der Waals surface area (Å²) in [6.07, 6.45) is 1.06. The molecule has 1 aromatic carbocycles. The lowest BCUT2D eigenvalue weighted by Gasteiger charge is -2.14. The average Bonchev–Trinajstić information content (AvgIpc) is 2.76. The summed E-state index contributed by atoms with van der Waals surface area (Å²) in [4.78, 5) is 0. The molecule has 1 atom stereocenters. The van der Waals surface area contributed by atoms with E-state index in [1.54, 1.807) is 0 Å². The summed E-state index contributed by atoms with van der Waals surface area (Å²) in [6.45, 7) is 7.86. The molecule has 2 rings (SSSR count). The van der Waals surface area contributed by atoms with Crippen LogP contribution >= 0.6 is 0 Å². The third-order valence-corrected chi connectivity index (χ3v) is 3.98. The van der Waals surface area contributed by atoms with Crippen LogP contribution in [0.25, 0.3) is 0 Å². The first-order valence-electron chi connectivity index (χ1n) is 7.57. The molecule has 0 fully saturated rings. The van der Waals surface area contributed by atoms with Gasteiger partial charge in [0.15, 0.2) is 0 Å². The highest BCUT2D eigenvalue weighted by molar-refractivity contribution is 5.46. The molecular weight excluding hydrogens is 262 g/mol. The number of nitrogens with zero attached hydrogens (tertiary/aromatic N) is 2. The molecule has 0 saturated heterocycles. The number of aryl methyl sites for hydroxylation is 1. The van der Waals surface area contributed by atoms with Crippen molar-refractivity contribution >= 4 is 5.82 Å². The number of aromatic nitrogens is 2. The lowest BCUT2D eigenvalue weighted by atomic mass is 9.98. The van der Waals surface area contributed by atoms with Gasteiger partial charge in [0.05, 0.1) is 18.8 Å². The van der Waals surface area contributed by atoms with Gasteiger partial charge in [0, 0.05) is 12.1 Å². The summed E-state index contributed by atoms with van der Waals surface area (Å²) in [5, 5.41) is 17.0. The van der Waals surface area contributed by atoms with Gasteiger partial charge in [-0.15, -0.1) is 0 Å². The highest BCUT2D eigenvalue weighted by Gasteiger charge is 2.11. The molecule has 0 radical (unpaired) electrons. The van der Waals surface area contributed by atoms with Gasteiger partial charge >= 0.3 is 0 Å². The summed E-state index contributed by atoms with van der Waals surface area (Å²) in [5.74, 6) is 1.55. The molecule has 4 heteroatoms. The van der Waals surface area contributed by atoms with Gasteiger partial charge < -0.3 is 10.4 Å². The summed E-state index contributed by atoms with van der Waals surface area (Å²) in [5.41, 5.74) is 3.55. The fourth-order valence-corrected chi connectivity index (χ4v) is 2.51. The van der Waals surface area contributed by atoms with Gasteiger partial charge in [-0.05, 0) is 31.7 Å². The number of aliphatic hydroxyl groups is 1. The summed E-state index contributed by atoms with van der Waals surface area (Å²) < 4.78 is 1.86. The molecule has 4 nitrogen and oxygen atoms in total. The van der Waals surface area contributed by atoms with Crippen LogP contribution in [-0.2, 0) is 6.54 Å². The molecule has 0 aliphatic heterocycles. The fourth-order valence-electron chi connectivity index (χ4n) is 2.51. The number of hydrogen-bond acceptors (Lipinski definition) is 3. The highest BCUT2D eigenvalue weighted by atomic mass is 16.3. The van der Waals surface area contributed by atoms with Gasteiger partial charge in [-0.3, -0.25) is 0 Å². The predicted octanol–water partition coefficient (Wildman–Crippen LogP) is 3.10. The molecule has 114 valence electrons. The first-order chi connectivity index (χ1) is 10.1. The molecule has 2 N–H and O–H groups in total. The van der Waals surface area contributed by atoms with Gasteiger partial charge in [-0.1, -0.05) is 37.3 Å². The molecule has 0 spiro atoms. The quantitative estimate of drug-likeness (QED) is 0.822. The molecule has 0 unspecified atom stereocenters. The lowest BCUT2D eigenvalue weighted by Crippen LogP contribution is -2.13. The third kappa shape index (κ3) is 3.85. The van der Waals surface area contributed by atoms with Gasteiger partial charge in [-0.25, -0.2) is 4.68 Å². The van der Waals surface area contributed by atoms with Crippen molar-refractivity contribution in [3.63, 3.8) is 0 Å². The van der Waals surface area contributed by atoms with E-state index in [1.807, 2.05) is 17.7 Å². The van der Waals surface area contributed by atoms with Crippen molar-refractivity contribution in [2.75, 3.05) is 18.5 Å². The minimum atomic E-state index is 0.107. The minimum Gasteiger partial charge on any atom is -0.394 e. The Morgan fingerprint density at radius 2 is 1.95 bits per heavy atom. The predicted molar refractivity (Wildman–Crippen MR) is 86.8 cm³/mol. The lowest BCUT2D eigenvalue weighted by molar-refractivity contribution is 0.270. The largest absolute Gasteiger partial charge is 0.394 e. The van der Waals surface area contributed by atoms with Crippen molar-refractivity contribution in [2.45, 2.75) is 39.7 Å². The Morgan fingerprint density at radius 3 is 2.62 bits per heavy atom. The number of benzene rings is 1. The van der Waals surface area contributed by atoms with E-state index in [1.165, 1.54) is 5.56 Å². The Balaban J connectivity index is 1.94. The smallest absolute Gasteiger partial charge is 0.127 e. The summed E-state index contributed by atoms with van der Waals surface area (Å²) in [7, 11) is 0. The molecule has 21 heavy (non-hydrogen) atoms. The standard InChI is InChI=1S/C17H25N3O/c1-13(16-7-5-4-6-8-16)9-10-18-17-14(2)15(3)19-20(17)11-12-21/h4-8,13,18,21H,9-12H2,1-3H3/t13-/m0/s1. The second kappa shape index (κ2) is 7.27. The number of rotatable bonds is 7. The fraction of sp³-hybridized carbons (Fsp3) is 0.471. The molecule has 0 aliphatic rings. The van der Waals surface area contributed by atoms with Crippen LogP contribution in [0.15, 0.2) is 30.3 Å². The van der Waals surface area contributed by atoms with E-state index in [4.69, 9.17) is 5.11 Å². The van der Waals surface area contributed by atoms with Crippen LogP contribution in [0.3, 0.4) is 0 Å². The van der Waals surface area contributed by atoms with Gasteiger partial charge in [-0.2, -0.15) is 5.10 Å². The van der Waals surface area contributed by atoms with Crippen LogP contribution in [0.1, 0.15) is 36.1 Å². The van der Waals surface area contributed by atoms with E-state index in [0.29, 0.717) is 12.5 Å². The first kappa shape index (κ1) is 15.6. The van der Waals surface area contributed by atoms with E-state index in [9.17, 15) is 0 Å². The maximum Gasteiger partial charge on any atom is 0.127 e. The van der Waals surface area contributed by atoms with Crippen LogP contribution in [-0.4, -0.2) is 28.0 Å². The zero-order chi connectivity index (χ0) is 15.2. The number of aliphatic hydroxyl groups excluding tert-OH is 1. The Bertz CT molecular complexity index is 563. The highest BCUT2D eigenvalue weighted by Crippen LogP contribution is 2.21. The normalized spacial score (nSPS) is 12.4. The van der Waals surface area contributed by atoms with E-state index in [2.05, 4.69) is 48.5 Å². The average molecular weight is 287 g/mol. The Hall–Kier alpha value is -1.81. The maximum atomic E-state index is 9.12. The number of hydrogen-bond donors (Lipinski definition) is 2. The van der Waals surface area contributed by atoms with E-state index in [-0.39, 0.29) is 6.61 Å². The number of anilines is 1. The molecule has 2 aromatic rings. The van der Waals surface area contributed by atoms with E-state index in [0.717, 1.165) is 30.0 Å². The zero-order valence-electron chi connectivity index (χ0n) is 13.1. The zero-order valence-corrected chi connectivity index (χ0v) is 13.1. The van der Waals surface area contributed by atoms with Crippen molar-refractivity contribution in [3.8, 4) is 0 Å². The SMILES string of the molecule is Cc1nn(CCO)c(NCC[C@H](C)c2ccccc2)c1C. The molecule has 0 saturated carbocycles. The Kier molecular flexibility index (Phi) is 5.39. The topological polar surface area (TPSA) is 50.1 Å². The summed E-state index contributed by atoms with van der Waals surface area (Å²) in [6, 6.07) is 10.6. The molecule has 0 amide bonds. The van der Waals surface area contributed by atoms with Crippen molar-refractivity contribution in [3.05, 3.63) is 47.2 Å². The molecule has 1 aromatic heterocycles. The molecule has 0 bridgehead atoms. The summed E-state index contributed by atoms with van der Waals surface area (Å²) >= 11 is 0. The maximum absolute atomic E-state index is 9.12. The van der Waals surface area contributed by atoms with Crippen molar-refractivity contribution < 1.29 is 5.11 Å². The molecule has 1 heterocycles. The van der Waals surface area contributed by atoms with Crippen LogP contribution in [0, 0.1) is 13.8 Å². The van der Waals surface area contributed by atoms with Crippen LogP contribution in [0.5, 0.6) is 0 Å². The molecule has 0 aliphatic carbocycles. The van der Waals surface area contributed by atoms with Crippen LogP contribution in [0.4, 0.5) is 5.82 Å². The van der Waals surface area contributed by atoms with Gasteiger partial charge in [0.2, 0.25) is 0 Å². The number of nitrogens with one attached hydrogen (secondary N) is 1. The third-order valence-electron chi connectivity index (χ3n) is 3.98. The van der Waals surface area contributed by atoms with Crippen molar-refractivity contribution in [2.24, 2.45) is 0 Å². The van der Waals surface area contributed by atoms with E-state index < -0.39 is 0 Å². The monoisotopic (exact) mass is 287 g/mol. The Morgan fingerprint density at radius 1 is 1.24 bits per heavy atom. The Labute approximate surface area is 126 Å². The second-order valence-electron chi connectivity index (χ2n) is 5.53. The second-order valence-corrected chi connectivity index (χ2v) is 5.53. The molecular formula is C17H25N3O. The van der Waals surface area contributed by atoms with Gasteiger partial charge in [0.1, 0.15) is 5.82 Å². The van der Waals surface area contributed by atoms with Crippen molar-refractivity contribution in [1.29, 1.82) is 0 Å². The van der Waals surface area contributed by atoms with Crippen LogP contribution < -0.4 is 5.32 Å². The van der Waals surface area contributed by atoms with E-state index >= 15 is 0 Å². The first-order valence-corrected chi connectivity index (χ1v) is 7.57. The minimum absolute atomic E-state index is 0.107. The van der Waals surface area contributed by atoms with Gasteiger partial charge in [0.25, 0.3) is 0 Å². The van der Waals surface area contributed by atoms with Crippen molar-refractivity contribution in [1.82, 2.24) is 9.78 Å².